The molecule has 0 radical (unpaired) electrons. The molecule has 1 aliphatic heterocycles. The van der Waals surface area contributed by atoms with Crippen molar-refractivity contribution in [1.29, 1.82) is 0 Å². The molecule has 2 fully saturated rings. The van der Waals surface area contributed by atoms with Gasteiger partial charge < -0.3 is 15.4 Å². The standard InChI is InChI=1S/C18H24Cl2N2O2/c19-16-3-2-12(10-17(16)20)14-11-15(14)18(23)22-7-4-13(5-8-22)24-9-1-6-21/h2-3,10,13-15H,1,4-9,11,21H2. The van der Waals surface area contributed by atoms with Crippen LogP contribution in [0.1, 0.15) is 37.2 Å². The molecule has 0 spiro atoms. The molecule has 4 nitrogen and oxygen atoms in total. The molecule has 2 unspecified atom stereocenters. The number of benzene rings is 1. The van der Waals surface area contributed by atoms with Crippen LogP contribution in [-0.2, 0) is 9.53 Å². The van der Waals surface area contributed by atoms with Gasteiger partial charge in [0.15, 0.2) is 0 Å². The molecule has 3 rings (SSSR count). The Kier molecular flexibility index (Phi) is 6.03. The number of ether oxygens (including phenoxy) is 1. The average Bonchev–Trinajstić information content (AvgIpc) is 3.38. The fraction of sp³-hybridized carbons (Fsp3) is 0.611. The second-order valence-corrected chi connectivity index (χ2v) is 7.47. The first kappa shape index (κ1) is 18.0. The fourth-order valence-corrected chi connectivity index (χ4v) is 3.70. The molecule has 0 aromatic heterocycles. The van der Waals surface area contributed by atoms with E-state index in [9.17, 15) is 4.79 Å². The summed E-state index contributed by atoms with van der Waals surface area (Å²) in [5.74, 6) is 0.647. The molecule has 24 heavy (non-hydrogen) atoms. The number of nitrogens with zero attached hydrogens (tertiary/aromatic N) is 1. The zero-order valence-corrected chi connectivity index (χ0v) is 15.2. The number of piperidine rings is 1. The van der Waals surface area contributed by atoms with Crippen molar-refractivity contribution in [2.75, 3.05) is 26.2 Å². The lowest BCUT2D eigenvalue weighted by Gasteiger charge is -2.32. The van der Waals surface area contributed by atoms with Gasteiger partial charge in [0.1, 0.15) is 0 Å². The van der Waals surface area contributed by atoms with E-state index in [2.05, 4.69) is 0 Å². The number of hydrogen-bond acceptors (Lipinski definition) is 3. The molecule has 1 heterocycles. The minimum atomic E-state index is 0.0944. The zero-order valence-electron chi connectivity index (χ0n) is 13.7. The lowest BCUT2D eigenvalue weighted by atomic mass is 10.1. The van der Waals surface area contributed by atoms with Crippen LogP contribution >= 0.6 is 23.2 Å². The molecule has 2 N–H and O–H groups in total. The van der Waals surface area contributed by atoms with Gasteiger partial charge in [0.25, 0.3) is 0 Å². The molecule has 132 valence electrons. The lowest BCUT2D eigenvalue weighted by molar-refractivity contribution is -0.135. The number of hydrogen-bond donors (Lipinski definition) is 1. The van der Waals surface area contributed by atoms with Gasteiger partial charge >= 0.3 is 0 Å². The largest absolute Gasteiger partial charge is 0.378 e. The maximum Gasteiger partial charge on any atom is 0.226 e. The van der Waals surface area contributed by atoms with Crippen LogP contribution in [0.15, 0.2) is 18.2 Å². The van der Waals surface area contributed by atoms with Crippen LogP contribution in [-0.4, -0.2) is 43.2 Å². The first-order chi connectivity index (χ1) is 11.6. The summed E-state index contributed by atoms with van der Waals surface area (Å²) in [7, 11) is 0. The van der Waals surface area contributed by atoms with Gasteiger partial charge in [0.2, 0.25) is 5.91 Å². The molecule has 0 bridgehead atoms. The predicted molar refractivity (Wildman–Crippen MR) is 96.5 cm³/mol. The van der Waals surface area contributed by atoms with Crippen molar-refractivity contribution in [3.05, 3.63) is 33.8 Å². The van der Waals surface area contributed by atoms with Crippen LogP contribution in [0.4, 0.5) is 0 Å². The highest BCUT2D eigenvalue weighted by Crippen LogP contribution is 2.49. The number of halogens is 2. The number of carbonyl (C=O) groups excluding carboxylic acids is 1. The Labute approximate surface area is 153 Å². The summed E-state index contributed by atoms with van der Waals surface area (Å²) in [6.45, 7) is 2.96. The summed E-state index contributed by atoms with van der Waals surface area (Å²) in [5.41, 5.74) is 6.59. The highest BCUT2D eigenvalue weighted by Gasteiger charge is 2.46. The molecule has 1 aliphatic carbocycles. The molecule has 1 saturated carbocycles. The molecule has 1 aromatic rings. The molecular weight excluding hydrogens is 347 g/mol. The smallest absolute Gasteiger partial charge is 0.226 e. The summed E-state index contributed by atoms with van der Waals surface area (Å²) in [5, 5.41) is 1.11. The molecule has 2 atom stereocenters. The highest BCUT2D eigenvalue weighted by molar-refractivity contribution is 6.42. The number of nitrogens with two attached hydrogens (primary N) is 1. The van der Waals surface area contributed by atoms with Gasteiger partial charge in [0, 0.05) is 25.6 Å². The summed E-state index contributed by atoms with van der Waals surface area (Å²) >= 11 is 12.0. The van der Waals surface area contributed by atoms with Gasteiger partial charge in [-0.2, -0.15) is 0 Å². The Balaban J connectivity index is 1.47. The second-order valence-electron chi connectivity index (χ2n) is 6.66. The molecule has 2 aliphatic rings. The van der Waals surface area contributed by atoms with Gasteiger partial charge in [0.05, 0.1) is 16.1 Å². The fourth-order valence-electron chi connectivity index (χ4n) is 3.39. The minimum Gasteiger partial charge on any atom is -0.378 e. The first-order valence-electron chi connectivity index (χ1n) is 8.65. The predicted octanol–water partition coefficient (Wildman–Crippen LogP) is 3.45. The van der Waals surface area contributed by atoms with Crippen molar-refractivity contribution in [3.8, 4) is 0 Å². The molecule has 1 amide bonds. The Bertz CT molecular complexity index is 588. The Morgan fingerprint density at radius 3 is 2.67 bits per heavy atom. The van der Waals surface area contributed by atoms with E-state index in [0.717, 1.165) is 50.9 Å². The summed E-state index contributed by atoms with van der Waals surface area (Å²) in [6.07, 6.45) is 3.91. The Hall–Kier alpha value is -0.810. The zero-order chi connectivity index (χ0) is 17.1. The third-order valence-electron chi connectivity index (χ3n) is 4.94. The van der Waals surface area contributed by atoms with Gasteiger partial charge in [-0.1, -0.05) is 29.3 Å². The van der Waals surface area contributed by atoms with E-state index in [1.807, 2.05) is 23.1 Å². The minimum absolute atomic E-state index is 0.0944. The van der Waals surface area contributed by atoms with Crippen molar-refractivity contribution in [2.24, 2.45) is 11.7 Å². The van der Waals surface area contributed by atoms with Gasteiger partial charge in [-0.3, -0.25) is 4.79 Å². The van der Waals surface area contributed by atoms with E-state index in [1.165, 1.54) is 0 Å². The third kappa shape index (κ3) is 4.23. The second kappa shape index (κ2) is 8.05. The van der Waals surface area contributed by atoms with Crippen molar-refractivity contribution in [1.82, 2.24) is 4.90 Å². The molecule has 6 heteroatoms. The van der Waals surface area contributed by atoms with Crippen molar-refractivity contribution >= 4 is 29.1 Å². The van der Waals surface area contributed by atoms with E-state index < -0.39 is 0 Å². The van der Waals surface area contributed by atoms with Gasteiger partial charge in [-0.15, -0.1) is 0 Å². The first-order valence-corrected chi connectivity index (χ1v) is 9.41. The SMILES string of the molecule is NCCCOC1CCN(C(=O)C2CC2c2ccc(Cl)c(Cl)c2)CC1. The summed E-state index contributed by atoms with van der Waals surface area (Å²) < 4.78 is 5.80. The number of likely N-dealkylation sites (tertiary alicyclic amines) is 1. The monoisotopic (exact) mass is 370 g/mol. The maximum absolute atomic E-state index is 12.7. The molecule has 1 aromatic carbocycles. The summed E-state index contributed by atoms with van der Waals surface area (Å²) in [4.78, 5) is 14.7. The average molecular weight is 371 g/mol. The Morgan fingerprint density at radius 2 is 2.00 bits per heavy atom. The highest BCUT2D eigenvalue weighted by atomic mass is 35.5. The van der Waals surface area contributed by atoms with Gasteiger partial charge in [-0.05, 0) is 55.8 Å². The lowest BCUT2D eigenvalue weighted by Crippen LogP contribution is -2.42. The van der Waals surface area contributed by atoms with E-state index in [-0.39, 0.29) is 23.8 Å². The number of amides is 1. The van der Waals surface area contributed by atoms with Crippen molar-refractivity contribution in [3.63, 3.8) is 0 Å². The van der Waals surface area contributed by atoms with Crippen LogP contribution < -0.4 is 5.73 Å². The van der Waals surface area contributed by atoms with Crippen LogP contribution in [0.5, 0.6) is 0 Å². The van der Waals surface area contributed by atoms with E-state index in [1.54, 1.807) is 0 Å². The van der Waals surface area contributed by atoms with E-state index >= 15 is 0 Å². The van der Waals surface area contributed by atoms with Crippen LogP contribution in [0.2, 0.25) is 10.0 Å². The van der Waals surface area contributed by atoms with E-state index in [0.29, 0.717) is 16.6 Å². The topological polar surface area (TPSA) is 55.6 Å². The van der Waals surface area contributed by atoms with Crippen molar-refractivity contribution < 1.29 is 9.53 Å². The van der Waals surface area contributed by atoms with Crippen molar-refractivity contribution in [2.45, 2.75) is 37.7 Å². The van der Waals surface area contributed by atoms with Crippen LogP contribution in [0, 0.1) is 5.92 Å². The third-order valence-corrected chi connectivity index (χ3v) is 5.67. The van der Waals surface area contributed by atoms with E-state index in [4.69, 9.17) is 33.7 Å². The number of carbonyl (C=O) groups is 1. The summed E-state index contributed by atoms with van der Waals surface area (Å²) in [6, 6.07) is 5.67. The number of rotatable bonds is 6. The molecular formula is C18H24Cl2N2O2. The van der Waals surface area contributed by atoms with Gasteiger partial charge in [-0.25, -0.2) is 0 Å². The van der Waals surface area contributed by atoms with Crippen LogP contribution in [0.3, 0.4) is 0 Å². The molecule has 1 saturated heterocycles. The Morgan fingerprint density at radius 1 is 1.25 bits per heavy atom. The van der Waals surface area contributed by atoms with Crippen LogP contribution in [0.25, 0.3) is 0 Å². The maximum atomic E-state index is 12.7. The quantitative estimate of drug-likeness (QED) is 0.780. The normalized spacial score (nSPS) is 24.2.